The van der Waals surface area contributed by atoms with Gasteiger partial charge in [-0.1, -0.05) is 91.0 Å². The van der Waals surface area contributed by atoms with Crippen molar-refractivity contribution in [1.82, 2.24) is 16.0 Å². The maximum Gasteiger partial charge on any atom is 0.414 e. The summed E-state index contributed by atoms with van der Waals surface area (Å²) < 4.78 is 15.8. The van der Waals surface area contributed by atoms with E-state index >= 15 is 0 Å². The highest BCUT2D eigenvalue weighted by atomic mass is 16.6. The molecule has 0 aliphatic carbocycles. The minimum absolute atomic E-state index is 0.0248. The van der Waals surface area contributed by atoms with Crippen LogP contribution in [0.2, 0.25) is 0 Å². The Morgan fingerprint density at radius 3 is 1.60 bits per heavy atom. The van der Waals surface area contributed by atoms with Crippen molar-refractivity contribution in [1.29, 1.82) is 0 Å². The van der Waals surface area contributed by atoms with Crippen molar-refractivity contribution in [3.8, 4) is 0 Å². The van der Waals surface area contributed by atoms with E-state index in [1.165, 1.54) is 0 Å². The van der Waals surface area contributed by atoms with Gasteiger partial charge in [-0.05, 0) is 29.5 Å². The van der Waals surface area contributed by atoms with E-state index in [0.29, 0.717) is 12.8 Å². The van der Waals surface area contributed by atoms with Crippen molar-refractivity contribution in [3.05, 3.63) is 108 Å². The molecular formula is C31H32N4O7. The van der Waals surface area contributed by atoms with Crippen molar-refractivity contribution in [2.24, 2.45) is 10.9 Å². The third-order valence-corrected chi connectivity index (χ3v) is 6.32. The number of aliphatic imine (C=N–C) groups is 1. The molecule has 0 saturated carbocycles. The van der Waals surface area contributed by atoms with Crippen LogP contribution in [0.15, 0.2) is 96.0 Å². The van der Waals surface area contributed by atoms with Gasteiger partial charge in [0.1, 0.15) is 25.9 Å². The molecule has 11 heteroatoms. The lowest BCUT2D eigenvalue weighted by Crippen LogP contribution is -2.62. The zero-order valence-electron chi connectivity index (χ0n) is 22.9. The molecule has 0 bridgehead atoms. The van der Waals surface area contributed by atoms with Gasteiger partial charge in [-0.3, -0.25) is 20.4 Å². The number of ether oxygens (including phenoxy) is 3. The number of β-lactam (4-membered cyclic amide) rings is 1. The Kier molecular flexibility index (Phi) is 11.0. The molecule has 3 aromatic rings. The van der Waals surface area contributed by atoms with Crippen molar-refractivity contribution >= 4 is 30.0 Å². The number of hydrogen-bond donors (Lipinski definition) is 3. The van der Waals surface area contributed by atoms with Crippen LogP contribution in [-0.4, -0.2) is 42.6 Å². The SMILES string of the molecule is O=C(NC(=NCCC[C@H]1C(=O)N[C@@H]1C(=O)OCc1ccccc1)NC(=O)OCc1ccccc1)OCc1ccccc1. The monoisotopic (exact) mass is 572 g/mol. The Morgan fingerprint density at radius 1 is 0.690 bits per heavy atom. The van der Waals surface area contributed by atoms with Gasteiger partial charge in [0.2, 0.25) is 11.9 Å². The molecule has 1 aliphatic rings. The third-order valence-electron chi connectivity index (χ3n) is 6.32. The highest BCUT2D eigenvalue weighted by molar-refractivity contribution is 6.01. The maximum absolute atomic E-state index is 12.5. The minimum atomic E-state index is -0.819. The molecule has 3 N–H and O–H groups in total. The fourth-order valence-corrected chi connectivity index (χ4v) is 4.08. The van der Waals surface area contributed by atoms with Crippen molar-refractivity contribution in [2.75, 3.05) is 6.54 Å². The van der Waals surface area contributed by atoms with E-state index in [9.17, 15) is 19.2 Å². The number of guanidine groups is 1. The normalized spacial score (nSPS) is 15.3. The van der Waals surface area contributed by atoms with Gasteiger partial charge in [0.15, 0.2) is 0 Å². The summed E-state index contributed by atoms with van der Waals surface area (Å²) >= 11 is 0. The molecule has 218 valence electrons. The Labute approximate surface area is 243 Å². The molecule has 0 radical (unpaired) electrons. The predicted octanol–water partition coefficient (Wildman–Crippen LogP) is 3.83. The lowest BCUT2D eigenvalue weighted by molar-refractivity contribution is -0.159. The molecule has 11 nitrogen and oxygen atoms in total. The number of carbonyl (C=O) groups excluding carboxylic acids is 4. The zero-order chi connectivity index (χ0) is 29.6. The molecule has 1 heterocycles. The van der Waals surface area contributed by atoms with Gasteiger partial charge in [-0.15, -0.1) is 0 Å². The smallest absolute Gasteiger partial charge is 0.414 e. The van der Waals surface area contributed by atoms with Crippen LogP contribution in [0.25, 0.3) is 0 Å². The summed E-state index contributed by atoms with van der Waals surface area (Å²) in [6.07, 6.45) is -0.892. The van der Waals surface area contributed by atoms with Gasteiger partial charge >= 0.3 is 18.2 Å². The van der Waals surface area contributed by atoms with Crippen LogP contribution in [0.1, 0.15) is 29.5 Å². The molecular weight excluding hydrogens is 540 g/mol. The molecule has 0 spiro atoms. The number of rotatable bonds is 11. The highest BCUT2D eigenvalue weighted by Crippen LogP contribution is 2.22. The van der Waals surface area contributed by atoms with Crippen LogP contribution in [0.5, 0.6) is 0 Å². The van der Waals surface area contributed by atoms with E-state index in [-0.39, 0.29) is 38.2 Å². The Morgan fingerprint density at radius 2 is 1.14 bits per heavy atom. The van der Waals surface area contributed by atoms with Gasteiger partial charge in [-0.2, -0.15) is 0 Å². The first-order chi connectivity index (χ1) is 20.5. The molecule has 42 heavy (non-hydrogen) atoms. The highest BCUT2D eigenvalue weighted by Gasteiger charge is 2.44. The Hall–Kier alpha value is -5.19. The quantitative estimate of drug-likeness (QED) is 0.0791. The molecule has 3 amide bonds. The molecule has 1 aliphatic heterocycles. The van der Waals surface area contributed by atoms with Gasteiger partial charge in [-0.25, -0.2) is 14.4 Å². The molecule has 2 atom stereocenters. The van der Waals surface area contributed by atoms with Crippen LogP contribution in [0, 0.1) is 5.92 Å². The number of benzene rings is 3. The minimum Gasteiger partial charge on any atom is -0.459 e. The van der Waals surface area contributed by atoms with E-state index in [4.69, 9.17) is 14.2 Å². The Bertz CT molecular complexity index is 1310. The number of carbonyl (C=O) groups is 4. The second-order valence-electron chi connectivity index (χ2n) is 9.43. The molecule has 0 unspecified atom stereocenters. The molecule has 1 saturated heterocycles. The summed E-state index contributed by atoms with van der Waals surface area (Å²) in [7, 11) is 0. The van der Waals surface area contributed by atoms with Gasteiger partial charge < -0.3 is 19.5 Å². The average Bonchev–Trinajstić information content (AvgIpc) is 3.01. The predicted molar refractivity (Wildman–Crippen MR) is 153 cm³/mol. The first kappa shape index (κ1) is 29.8. The first-order valence-electron chi connectivity index (χ1n) is 13.5. The van der Waals surface area contributed by atoms with Crippen LogP contribution in [0.3, 0.4) is 0 Å². The fraction of sp³-hybridized carbons (Fsp3) is 0.258. The summed E-state index contributed by atoms with van der Waals surface area (Å²) in [6, 6.07) is 26.7. The summed E-state index contributed by atoms with van der Waals surface area (Å²) in [5, 5.41) is 7.44. The van der Waals surface area contributed by atoms with Crippen LogP contribution in [-0.2, 0) is 43.6 Å². The van der Waals surface area contributed by atoms with Crippen LogP contribution in [0.4, 0.5) is 9.59 Å². The summed E-state index contributed by atoms with van der Waals surface area (Å²) in [6.45, 7) is 0.307. The number of nitrogens with one attached hydrogen (secondary N) is 3. The van der Waals surface area contributed by atoms with E-state index in [0.717, 1.165) is 16.7 Å². The van der Waals surface area contributed by atoms with E-state index in [1.807, 2.05) is 91.0 Å². The van der Waals surface area contributed by atoms with Crippen molar-refractivity contribution in [2.45, 2.75) is 38.7 Å². The van der Waals surface area contributed by atoms with Gasteiger partial charge in [0.25, 0.3) is 0 Å². The Balaban J connectivity index is 1.28. The number of esters is 1. The van der Waals surface area contributed by atoms with E-state index < -0.39 is 30.1 Å². The molecule has 3 aromatic carbocycles. The van der Waals surface area contributed by atoms with Gasteiger partial charge in [0, 0.05) is 6.54 Å². The standard InChI is InChI=1S/C31H32N4O7/c36-27-25(26(33-27)28(37)40-19-22-11-4-1-5-12-22)17-10-18-32-29(34-30(38)41-20-23-13-6-2-7-14-23)35-31(39)42-21-24-15-8-3-9-16-24/h1-9,11-16,25-26H,10,17-21H2,(H,33,36)(H2,32,34,35,38,39)/t25-,26+/m1/s1. The second kappa shape index (κ2) is 15.6. The topological polar surface area (TPSA) is 144 Å². The number of alkyl carbamates (subject to hydrolysis) is 2. The number of hydrogen-bond acceptors (Lipinski definition) is 8. The van der Waals surface area contributed by atoms with Crippen LogP contribution >= 0.6 is 0 Å². The summed E-state index contributed by atoms with van der Waals surface area (Å²) in [4.78, 5) is 53.7. The summed E-state index contributed by atoms with van der Waals surface area (Å²) in [5.41, 5.74) is 2.42. The maximum atomic E-state index is 12.5. The largest absolute Gasteiger partial charge is 0.459 e. The zero-order valence-corrected chi connectivity index (χ0v) is 22.9. The third kappa shape index (κ3) is 9.47. The van der Waals surface area contributed by atoms with Gasteiger partial charge in [0.05, 0.1) is 5.92 Å². The van der Waals surface area contributed by atoms with Crippen LogP contribution < -0.4 is 16.0 Å². The lowest BCUT2D eigenvalue weighted by atomic mass is 9.86. The number of nitrogens with zero attached hydrogens (tertiary/aromatic N) is 1. The van der Waals surface area contributed by atoms with Crippen molar-refractivity contribution < 1.29 is 33.4 Å². The summed E-state index contributed by atoms with van der Waals surface area (Å²) in [5.74, 6) is -1.47. The lowest BCUT2D eigenvalue weighted by Gasteiger charge is -2.34. The molecule has 4 rings (SSSR count). The van der Waals surface area contributed by atoms with Crippen molar-refractivity contribution in [3.63, 3.8) is 0 Å². The fourth-order valence-electron chi connectivity index (χ4n) is 4.08. The first-order valence-corrected chi connectivity index (χ1v) is 13.5. The van der Waals surface area contributed by atoms with E-state index in [2.05, 4.69) is 20.9 Å². The van der Waals surface area contributed by atoms with E-state index in [1.54, 1.807) is 0 Å². The average molecular weight is 573 g/mol. The second-order valence-corrected chi connectivity index (χ2v) is 9.43. The molecule has 1 fully saturated rings. The molecule has 0 aromatic heterocycles. The number of amides is 3.